The summed E-state index contributed by atoms with van der Waals surface area (Å²) in [6, 6.07) is 22.3. The Kier molecular flexibility index (Phi) is 3.07. The molecule has 0 spiro atoms. The molecular weight excluding hydrogens is 237 g/mol. The normalized spacial score (nSPS) is 11.7. The molecule has 0 atom stereocenters. The zero-order valence-electron chi connectivity index (χ0n) is 10.3. The van der Waals surface area contributed by atoms with E-state index >= 15 is 0 Å². The van der Waals surface area contributed by atoms with Crippen LogP contribution in [-0.2, 0) is 0 Å². The summed E-state index contributed by atoms with van der Waals surface area (Å²) in [5, 5.41) is 3.09. The second-order valence-electron chi connectivity index (χ2n) is 4.28. The summed E-state index contributed by atoms with van der Waals surface area (Å²) >= 11 is 0. The molecule has 2 heteroatoms. The lowest BCUT2D eigenvalue weighted by Gasteiger charge is -1.95. The smallest absolute Gasteiger partial charge is 0.123 e. The fourth-order valence-corrected chi connectivity index (χ4v) is 2.02. The Morgan fingerprint density at radius 1 is 0.684 bits per heavy atom. The van der Waals surface area contributed by atoms with Crippen molar-refractivity contribution in [3.8, 4) is 0 Å². The molecule has 3 aromatic carbocycles. The lowest BCUT2D eigenvalue weighted by molar-refractivity contribution is 0.628. The third-order valence-electron chi connectivity index (χ3n) is 2.95. The van der Waals surface area contributed by atoms with Crippen molar-refractivity contribution in [2.24, 2.45) is 4.99 Å². The van der Waals surface area contributed by atoms with E-state index in [9.17, 15) is 4.39 Å². The Bertz CT molecular complexity index is 776. The van der Waals surface area contributed by atoms with E-state index in [0.29, 0.717) is 0 Å². The quantitative estimate of drug-likeness (QED) is 0.612. The molecule has 0 aliphatic rings. The zero-order chi connectivity index (χ0) is 13.1. The van der Waals surface area contributed by atoms with E-state index in [0.717, 1.165) is 21.8 Å². The summed E-state index contributed by atoms with van der Waals surface area (Å²) < 4.78 is 12.9. The fourth-order valence-electron chi connectivity index (χ4n) is 2.02. The molecule has 0 fully saturated rings. The molecule has 0 saturated heterocycles. The van der Waals surface area contributed by atoms with Crippen LogP contribution in [0.5, 0.6) is 0 Å². The monoisotopic (exact) mass is 249 g/mol. The molecular formula is C17H12FN. The highest BCUT2D eigenvalue weighted by molar-refractivity contribution is 5.81. The van der Waals surface area contributed by atoms with Gasteiger partial charge in [0.2, 0.25) is 0 Å². The number of benzene rings is 2. The average Bonchev–Trinajstić information content (AvgIpc) is 2.64. The Morgan fingerprint density at radius 2 is 1.32 bits per heavy atom. The van der Waals surface area contributed by atoms with Crippen LogP contribution < -0.4 is 5.36 Å². The van der Waals surface area contributed by atoms with Gasteiger partial charge in [-0.25, -0.2) is 9.38 Å². The van der Waals surface area contributed by atoms with Gasteiger partial charge in [-0.1, -0.05) is 42.5 Å². The van der Waals surface area contributed by atoms with E-state index in [-0.39, 0.29) is 5.82 Å². The van der Waals surface area contributed by atoms with Crippen LogP contribution in [0.2, 0.25) is 0 Å². The van der Waals surface area contributed by atoms with Crippen LogP contribution in [0.25, 0.3) is 10.8 Å². The summed E-state index contributed by atoms with van der Waals surface area (Å²) in [6.07, 6.45) is 0. The van der Waals surface area contributed by atoms with Crippen LogP contribution in [0, 0.1) is 5.82 Å². The number of fused-ring (bicyclic) bond motifs is 1. The van der Waals surface area contributed by atoms with Crippen molar-refractivity contribution in [2.45, 2.75) is 0 Å². The van der Waals surface area contributed by atoms with Crippen molar-refractivity contribution >= 4 is 16.5 Å². The van der Waals surface area contributed by atoms with Gasteiger partial charge in [0, 0.05) is 5.39 Å². The highest BCUT2D eigenvalue weighted by atomic mass is 19.1. The van der Waals surface area contributed by atoms with Crippen molar-refractivity contribution in [2.75, 3.05) is 0 Å². The van der Waals surface area contributed by atoms with Gasteiger partial charge in [0.25, 0.3) is 0 Å². The Hall–Kier alpha value is -2.48. The Morgan fingerprint density at radius 3 is 2.05 bits per heavy atom. The third kappa shape index (κ3) is 2.52. The summed E-state index contributed by atoms with van der Waals surface area (Å²) in [6.45, 7) is 0. The van der Waals surface area contributed by atoms with Gasteiger partial charge in [0.1, 0.15) is 5.82 Å². The fraction of sp³-hybridized carbons (Fsp3) is 0. The van der Waals surface area contributed by atoms with Crippen molar-refractivity contribution in [3.05, 3.63) is 84.0 Å². The molecule has 92 valence electrons. The molecule has 0 N–H and O–H groups in total. The van der Waals surface area contributed by atoms with Crippen LogP contribution >= 0.6 is 0 Å². The number of hydrogen-bond acceptors (Lipinski definition) is 1. The molecule has 0 bridgehead atoms. The van der Waals surface area contributed by atoms with Crippen molar-refractivity contribution in [1.82, 2.24) is 0 Å². The van der Waals surface area contributed by atoms with Crippen LogP contribution in [0.1, 0.15) is 0 Å². The molecule has 0 aromatic heterocycles. The average molecular weight is 249 g/mol. The molecule has 0 amide bonds. The molecule has 0 heterocycles. The van der Waals surface area contributed by atoms with E-state index in [2.05, 4.69) is 17.1 Å². The topological polar surface area (TPSA) is 12.4 Å². The number of hydrogen-bond donors (Lipinski definition) is 0. The SMILES string of the molecule is Fc1ccc(N=c2ccccc3ccccc23)cc1. The summed E-state index contributed by atoms with van der Waals surface area (Å²) in [5.41, 5.74) is 0.748. The summed E-state index contributed by atoms with van der Waals surface area (Å²) in [5.74, 6) is -0.248. The Labute approximate surface area is 110 Å². The first kappa shape index (κ1) is 11.6. The third-order valence-corrected chi connectivity index (χ3v) is 2.95. The van der Waals surface area contributed by atoms with Gasteiger partial charge >= 0.3 is 0 Å². The van der Waals surface area contributed by atoms with E-state index in [1.165, 1.54) is 12.1 Å². The lowest BCUT2D eigenvalue weighted by atomic mass is 10.2. The van der Waals surface area contributed by atoms with Crippen LogP contribution in [-0.4, -0.2) is 0 Å². The Balaban J connectivity index is 2.28. The van der Waals surface area contributed by atoms with Crippen LogP contribution in [0.15, 0.2) is 77.8 Å². The van der Waals surface area contributed by atoms with Crippen molar-refractivity contribution in [1.29, 1.82) is 0 Å². The molecule has 0 saturated carbocycles. The maximum absolute atomic E-state index is 12.9. The van der Waals surface area contributed by atoms with Crippen molar-refractivity contribution < 1.29 is 4.39 Å². The second kappa shape index (κ2) is 5.02. The van der Waals surface area contributed by atoms with Gasteiger partial charge in [0.15, 0.2) is 0 Å². The predicted octanol–water partition coefficient (Wildman–Crippen LogP) is 4.21. The van der Waals surface area contributed by atoms with Crippen LogP contribution in [0.3, 0.4) is 0 Å². The van der Waals surface area contributed by atoms with Gasteiger partial charge in [0.05, 0.1) is 11.0 Å². The molecule has 0 radical (unpaired) electrons. The minimum absolute atomic E-state index is 0.248. The van der Waals surface area contributed by atoms with Gasteiger partial charge in [-0.2, -0.15) is 0 Å². The zero-order valence-corrected chi connectivity index (χ0v) is 10.3. The molecule has 19 heavy (non-hydrogen) atoms. The largest absolute Gasteiger partial charge is 0.248 e. The van der Waals surface area contributed by atoms with Gasteiger partial charge in [-0.15, -0.1) is 0 Å². The first-order valence-electron chi connectivity index (χ1n) is 6.11. The predicted molar refractivity (Wildman–Crippen MR) is 75.6 cm³/mol. The minimum atomic E-state index is -0.248. The minimum Gasteiger partial charge on any atom is -0.248 e. The van der Waals surface area contributed by atoms with E-state index in [1.54, 1.807) is 12.1 Å². The number of rotatable bonds is 1. The molecule has 3 rings (SSSR count). The standard InChI is InChI=1S/C17H12FN/c18-14-9-11-15(12-10-14)19-17-8-4-2-6-13-5-1-3-7-16(13)17/h1-12H. The number of nitrogens with zero attached hydrogens (tertiary/aromatic N) is 1. The molecule has 0 aliphatic carbocycles. The highest BCUT2D eigenvalue weighted by Crippen LogP contribution is 2.13. The second-order valence-corrected chi connectivity index (χ2v) is 4.28. The van der Waals surface area contributed by atoms with Gasteiger partial charge in [-0.3, -0.25) is 0 Å². The van der Waals surface area contributed by atoms with Crippen LogP contribution in [0.4, 0.5) is 10.1 Å². The maximum Gasteiger partial charge on any atom is 0.123 e. The first-order chi connectivity index (χ1) is 9.33. The molecule has 3 aromatic rings. The van der Waals surface area contributed by atoms with Gasteiger partial charge in [-0.05, 0) is 35.7 Å². The summed E-state index contributed by atoms with van der Waals surface area (Å²) in [7, 11) is 0. The highest BCUT2D eigenvalue weighted by Gasteiger charge is 1.94. The maximum atomic E-state index is 12.9. The molecule has 0 aliphatic heterocycles. The first-order valence-corrected chi connectivity index (χ1v) is 6.11. The van der Waals surface area contributed by atoms with E-state index in [1.807, 2.05) is 36.4 Å². The molecule has 0 unspecified atom stereocenters. The molecule has 1 nitrogen and oxygen atoms in total. The lowest BCUT2D eigenvalue weighted by Crippen LogP contribution is -1.97. The van der Waals surface area contributed by atoms with E-state index in [4.69, 9.17) is 0 Å². The van der Waals surface area contributed by atoms with Crippen molar-refractivity contribution in [3.63, 3.8) is 0 Å². The number of halogens is 1. The van der Waals surface area contributed by atoms with E-state index < -0.39 is 0 Å². The summed E-state index contributed by atoms with van der Waals surface area (Å²) in [4.78, 5) is 4.58. The van der Waals surface area contributed by atoms with Gasteiger partial charge < -0.3 is 0 Å².